The molecule has 6 nitrogen and oxygen atoms in total. The fourth-order valence-corrected chi connectivity index (χ4v) is 1.85. The number of anilines is 1. The molecule has 0 saturated heterocycles. The lowest BCUT2D eigenvalue weighted by Gasteiger charge is -2.08. The molecule has 104 valence electrons. The Bertz CT molecular complexity index is 628. The first-order valence-electron chi connectivity index (χ1n) is 6.50. The Labute approximate surface area is 117 Å². The van der Waals surface area contributed by atoms with Crippen LogP contribution in [0.4, 0.5) is 11.5 Å². The molecule has 6 heteroatoms. The van der Waals surface area contributed by atoms with Crippen molar-refractivity contribution in [3.05, 3.63) is 46.3 Å². The number of aromatic nitrogens is 2. The van der Waals surface area contributed by atoms with E-state index in [0.717, 1.165) is 17.9 Å². The van der Waals surface area contributed by atoms with Crippen LogP contribution in [0, 0.1) is 10.1 Å². The summed E-state index contributed by atoms with van der Waals surface area (Å²) < 4.78 is 0. The molecule has 0 amide bonds. The van der Waals surface area contributed by atoms with Gasteiger partial charge in [-0.1, -0.05) is 19.1 Å². The van der Waals surface area contributed by atoms with E-state index in [-0.39, 0.29) is 5.69 Å². The van der Waals surface area contributed by atoms with Crippen LogP contribution < -0.4 is 5.32 Å². The Kier molecular flexibility index (Phi) is 4.24. The summed E-state index contributed by atoms with van der Waals surface area (Å²) in [4.78, 5) is 19.2. The van der Waals surface area contributed by atoms with E-state index in [1.165, 1.54) is 12.1 Å². The Morgan fingerprint density at radius 3 is 2.70 bits per heavy atom. The minimum absolute atomic E-state index is 0.0594. The summed E-state index contributed by atoms with van der Waals surface area (Å²) in [5, 5.41) is 14.0. The number of nitro benzene ring substituents is 1. The van der Waals surface area contributed by atoms with Crippen molar-refractivity contribution in [1.29, 1.82) is 0 Å². The molecular weight excluding hydrogens is 256 g/mol. The van der Waals surface area contributed by atoms with Gasteiger partial charge in [0.05, 0.1) is 10.6 Å². The normalized spacial score (nSPS) is 10.3. The smallest absolute Gasteiger partial charge is 0.270 e. The first kappa shape index (κ1) is 13.9. The lowest BCUT2D eigenvalue weighted by Crippen LogP contribution is -2.04. The minimum atomic E-state index is -0.406. The molecule has 0 unspecified atom stereocenters. The van der Waals surface area contributed by atoms with Gasteiger partial charge in [-0.2, -0.15) is 0 Å². The van der Waals surface area contributed by atoms with E-state index in [4.69, 9.17) is 0 Å². The highest BCUT2D eigenvalue weighted by Gasteiger charge is 2.10. The fraction of sp³-hybridized carbons (Fsp3) is 0.286. The van der Waals surface area contributed by atoms with E-state index in [1.807, 2.05) is 26.0 Å². The van der Waals surface area contributed by atoms with Crippen LogP contribution in [0.3, 0.4) is 0 Å². The van der Waals surface area contributed by atoms with Crippen LogP contribution in [-0.4, -0.2) is 21.4 Å². The first-order valence-corrected chi connectivity index (χ1v) is 6.50. The van der Waals surface area contributed by atoms with Gasteiger partial charge in [0.2, 0.25) is 0 Å². The van der Waals surface area contributed by atoms with E-state index in [9.17, 15) is 10.1 Å². The third kappa shape index (κ3) is 3.09. The summed E-state index contributed by atoms with van der Waals surface area (Å²) >= 11 is 0. The molecule has 1 aromatic carbocycles. The second kappa shape index (κ2) is 6.10. The Morgan fingerprint density at radius 1 is 1.25 bits per heavy atom. The summed E-state index contributed by atoms with van der Waals surface area (Å²) in [5.41, 5.74) is 1.47. The van der Waals surface area contributed by atoms with Crippen LogP contribution in [-0.2, 0) is 6.42 Å². The van der Waals surface area contributed by atoms with Crippen molar-refractivity contribution in [2.75, 3.05) is 11.9 Å². The van der Waals surface area contributed by atoms with Gasteiger partial charge >= 0.3 is 0 Å². The fourth-order valence-electron chi connectivity index (χ4n) is 1.85. The third-order valence-electron chi connectivity index (χ3n) is 2.80. The summed E-state index contributed by atoms with van der Waals surface area (Å²) in [6, 6.07) is 8.27. The van der Waals surface area contributed by atoms with Gasteiger partial charge in [-0.15, -0.1) is 0 Å². The molecule has 1 heterocycles. The zero-order chi connectivity index (χ0) is 14.5. The maximum absolute atomic E-state index is 10.8. The molecule has 0 aliphatic heterocycles. The molecular formula is C14H16N4O2. The topological polar surface area (TPSA) is 81.0 Å². The second-order valence-electron chi connectivity index (χ2n) is 4.25. The number of nitro groups is 1. The summed E-state index contributed by atoms with van der Waals surface area (Å²) in [6.07, 6.45) is 0.709. The van der Waals surface area contributed by atoms with Gasteiger partial charge in [0, 0.05) is 36.7 Å². The highest BCUT2D eigenvalue weighted by molar-refractivity contribution is 5.65. The molecule has 0 saturated carbocycles. The average Bonchev–Trinajstić information content (AvgIpc) is 2.47. The molecule has 0 radical (unpaired) electrons. The molecule has 0 atom stereocenters. The summed E-state index contributed by atoms with van der Waals surface area (Å²) in [7, 11) is 0. The first-order chi connectivity index (χ1) is 9.63. The van der Waals surface area contributed by atoms with Crippen LogP contribution in [0.1, 0.15) is 19.7 Å². The standard InChI is InChI=1S/C14H16N4O2/c1-3-13-16-12(9-14(17-13)15-4-2)10-6-5-7-11(8-10)18(19)20/h5-9H,3-4H2,1-2H3,(H,15,16,17). The maximum atomic E-state index is 10.8. The lowest BCUT2D eigenvalue weighted by atomic mass is 10.1. The van der Waals surface area contributed by atoms with E-state index >= 15 is 0 Å². The Balaban J connectivity index is 2.48. The lowest BCUT2D eigenvalue weighted by molar-refractivity contribution is -0.384. The van der Waals surface area contributed by atoms with E-state index in [0.29, 0.717) is 17.9 Å². The minimum Gasteiger partial charge on any atom is -0.370 e. The van der Waals surface area contributed by atoms with Crippen LogP contribution >= 0.6 is 0 Å². The van der Waals surface area contributed by atoms with Crippen molar-refractivity contribution >= 4 is 11.5 Å². The molecule has 0 aliphatic rings. The molecule has 1 aromatic heterocycles. The van der Waals surface area contributed by atoms with Crippen molar-refractivity contribution in [1.82, 2.24) is 9.97 Å². The number of nitrogens with one attached hydrogen (secondary N) is 1. The quantitative estimate of drug-likeness (QED) is 0.668. The molecule has 0 aliphatic carbocycles. The number of hydrogen-bond donors (Lipinski definition) is 1. The van der Waals surface area contributed by atoms with Crippen LogP contribution in [0.15, 0.2) is 30.3 Å². The number of aryl methyl sites for hydroxylation is 1. The number of hydrogen-bond acceptors (Lipinski definition) is 5. The van der Waals surface area contributed by atoms with Gasteiger partial charge < -0.3 is 5.32 Å². The monoisotopic (exact) mass is 272 g/mol. The van der Waals surface area contributed by atoms with Gasteiger partial charge in [0.1, 0.15) is 11.6 Å². The van der Waals surface area contributed by atoms with Crippen molar-refractivity contribution < 1.29 is 4.92 Å². The van der Waals surface area contributed by atoms with E-state index < -0.39 is 4.92 Å². The molecule has 2 rings (SSSR count). The van der Waals surface area contributed by atoms with Crippen LogP contribution in [0.2, 0.25) is 0 Å². The average molecular weight is 272 g/mol. The summed E-state index contributed by atoms with van der Waals surface area (Å²) in [5.74, 6) is 1.45. The molecule has 0 fully saturated rings. The summed E-state index contributed by atoms with van der Waals surface area (Å²) in [6.45, 7) is 4.72. The van der Waals surface area contributed by atoms with E-state index in [1.54, 1.807) is 6.07 Å². The van der Waals surface area contributed by atoms with Gasteiger partial charge in [0.15, 0.2) is 0 Å². The molecule has 0 bridgehead atoms. The number of benzene rings is 1. The predicted octanol–water partition coefficient (Wildman–Crippen LogP) is 3.05. The van der Waals surface area contributed by atoms with Crippen LogP contribution in [0.25, 0.3) is 11.3 Å². The number of rotatable bonds is 5. The highest BCUT2D eigenvalue weighted by Crippen LogP contribution is 2.24. The predicted molar refractivity (Wildman–Crippen MR) is 77.7 cm³/mol. The number of non-ortho nitro benzene ring substituents is 1. The maximum Gasteiger partial charge on any atom is 0.270 e. The van der Waals surface area contributed by atoms with Gasteiger partial charge in [0.25, 0.3) is 5.69 Å². The highest BCUT2D eigenvalue weighted by atomic mass is 16.6. The van der Waals surface area contributed by atoms with Gasteiger partial charge in [-0.25, -0.2) is 9.97 Å². The van der Waals surface area contributed by atoms with Crippen molar-refractivity contribution in [2.24, 2.45) is 0 Å². The van der Waals surface area contributed by atoms with Crippen LogP contribution in [0.5, 0.6) is 0 Å². The van der Waals surface area contributed by atoms with Crippen molar-refractivity contribution in [3.63, 3.8) is 0 Å². The SMILES string of the molecule is CCNc1cc(-c2cccc([N+](=O)[O-])c2)nc(CC)n1. The van der Waals surface area contributed by atoms with Gasteiger partial charge in [-0.3, -0.25) is 10.1 Å². The van der Waals surface area contributed by atoms with Crippen molar-refractivity contribution in [3.8, 4) is 11.3 Å². The zero-order valence-electron chi connectivity index (χ0n) is 11.5. The Hall–Kier alpha value is -2.50. The largest absolute Gasteiger partial charge is 0.370 e. The third-order valence-corrected chi connectivity index (χ3v) is 2.80. The van der Waals surface area contributed by atoms with Gasteiger partial charge in [-0.05, 0) is 6.92 Å². The molecule has 2 aromatic rings. The second-order valence-corrected chi connectivity index (χ2v) is 4.25. The van der Waals surface area contributed by atoms with Crippen molar-refractivity contribution in [2.45, 2.75) is 20.3 Å². The molecule has 1 N–H and O–H groups in total. The zero-order valence-corrected chi connectivity index (χ0v) is 11.5. The number of nitrogens with zero attached hydrogens (tertiary/aromatic N) is 3. The Morgan fingerprint density at radius 2 is 2.05 bits per heavy atom. The molecule has 0 spiro atoms. The molecule has 20 heavy (non-hydrogen) atoms. The van der Waals surface area contributed by atoms with E-state index in [2.05, 4.69) is 15.3 Å².